The summed E-state index contributed by atoms with van der Waals surface area (Å²) in [4.78, 5) is 87.4. The first-order valence-corrected chi connectivity index (χ1v) is 28.1. The van der Waals surface area contributed by atoms with Crippen LogP contribution in [0.2, 0.25) is 0 Å². The molecule has 6 heterocycles. The third-order valence-electron chi connectivity index (χ3n) is 12.2. The van der Waals surface area contributed by atoms with Gasteiger partial charge in [0, 0.05) is 11.1 Å². The van der Waals surface area contributed by atoms with Crippen molar-refractivity contribution in [3.05, 3.63) is 148 Å². The van der Waals surface area contributed by atoms with Gasteiger partial charge >= 0.3 is 0 Å². The minimum absolute atomic E-state index is 0.241. The van der Waals surface area contributed by atoms with E-state index in [2.05, 4.69) is 46.7 Å². The molecule has 392 valence electrons. The summed E-state index contributed by atoms with van der Waals surface area (Å²) in [6.45, 7) is 4.45. The van der Waals surface area contributed by atoms with Gasteiger partial charge in [-0.1, -0.05) is 52.4 Å². The Labute approximate surface area is 447 Å². The van der Waals surface area contributed by atoms with Gasteiger partial charge in [0.2, 0.25) is 34.8 Å². The van der Waals surface area contributed by atoms with Crippen LogP contribution in [0.1, 0.15) is 149 Å². The number of halogens is 10. The Hall–Kier alpha value is -6.18. The summed E-state index contributed by atoms with van der Waals surface area (Å²) >= 11 is 6.84. The molecule has 0 N–H and O–H groups in total. The van der Waals surface area contributed by atoms with Crippen molar-refractivity contribution in [3.63, 3.8) is 0 Å². The molecule has 76 heavy (non-hydrogen) atoms. The average molecular weight is 1160 g/mol. The molecular formula is C52H32F10N2O6S6. The van der Waals surface area contributed by atoms with Gasteiger partial charge in [-0.05, 0) is 71.8 Å². The second kappa shape index (κ2) is 22.0. The van der Waals surface area contributed by atoms with E-state index < -0.39 is 125 Å². The number of aromatic nitrogens is 2. The summed E-state index contributed by atoms with van der Waals surface area (Å²) in [7, 11) is 0. The summed E-state index contributed by atoms with van der Waals surface area (Å²) in [5, 5.41) is 6.03. The van der Waals surface area contributed by atoms with Gasteiger partial charge in [-0.2, -0.15) is 0 Å². The first kappa shape index (κ1) is 54.6. The number of fused-ring (bicyclic) bond motifs is 6. The molecule has 0 saturated carbocycles. The number of Topliss-reactive ketones (excluding diaryl/α,β-unsaturated/α-hetero) is 4. The lowest BCUT2D eigenvalue weighted by molar-refractivity contribution is 0.0810. The number of unbranched alkanes of at least 4 members (excludes halogenated alkanes) is 6. The van der Waals surface area contributed by atoms with Gasteiger partial charge in [-0.25, -0.2) is 53.9 Å². The second-order valence-corrected chi connectivity index (χ2v) is 23.1. The number of thiazole rings is 2. The molecule has 2 aliphatic rings. The molecule has 0 radical (unpaired) electrons. The summed E-state index contributed by atoms with van der Waals surface area (Å²) < 4.78 is 138. The van der Waals surface area contributed by atoms with Gasteiger partial charge in [-0.15, -0.1) is 68.0 Å². The maximum atomic E-state index is 14.2. The van der Waals surface area contributed by atoms with Crippen molar-refractivity contribution in [1.29, 1.82) is 0 Å². The van der Waals surface area contributed by atoms with Crippen molar-refractivity contribution in [3.8, 4) is 39.3 Å². The van der Waals surface area contributed by atoms with E-state index in [4.69, 9.17) is 0 Å². The van der Waals surface area contributed by atoms with E-state index in [1.807, 2.05) is 0 Å². The molecule has 24 heteroatoms. The number of rotatable bonds is 16. The van der Waals surface area contributed by atoms with Crippen LogP contribution in [0.25, 0.3) is 39.3 Å². The fourth-order valence-electron chi connectivity index (χ4n) is 8.21. The van der Waals surface area contributed by atoms with Crippen LogP contribution in [-0.2, 0) is 12.8 Å². The van der Waals surface area contributed by atoms with Crippen molar-refractivity contribution in [1.82, 2.24) is 9.97 Å². The molecule has 6 aromatic heterocycles. The van der Waals surface area contributed by atoms with E-state index in [1.54, 1.807) is 22.7 Å². The van der Waals surface area contributed by atoms with Gasteiger partial charge in [0.05, 0.1) is 39.0 Å². The lowest BCUT2D eigenvalue weighted by Crippen LogP contribution is -2.20. The molecule has 0 fully saturated rings. The molecule has 8 nitrogen and oxygen atoms in total. The van der Waals surface area contributed by atoms with Crippen LogP contribution in [0.4, 0.5) is 43.9 Å². The van der Waals surface area contributed by atoms with Gasteiger partial charge in [-0.3, -0.25) is 28.8 Å². The minimum atomic E-state index is -2.54. The molecule has 8 aromatic rings. The van der Waals surface area contributed by atoms with Gasteiger partial charge < -0.3 is 0 Å². The Balaban J connectivity index is 0.000000187. The SMILES string of the molecule is CCCCCCc1csc(-c2nc3c(s2)-c2sc(-c4cc(CCCCCC)cs4)nc2C(=O)C3=O)c1.O=C1C(=O)c2cc(C(=O)c3c(F)c(F)c(F)c(F)c3F)sc2-c2sc(C(=O)c3c(F)c(F)c(F)c(F)c3F)cc21. The highest BCUT2D eigenvalue weighted by Crippen LogP contribution is 2.48. The number of hydrogen-bond donors (Lipinski definition) is 0. The molecule has 2 aromatic carbocycles. The Kier molecular flexibility index (Phi) is 15.8. The van der Waals surface area contributed by atoms with Crippen LogP contribution in [-0.4, -0.2) is 44.7 Å². The predicted octanol–water partition coefficient (Wildman–Crippen LogP) is 16.1. The maximum Gasteiger partial charge on any atom is 0.255 e. The van der Waals surface area contributed by atoms with E-state index in [0.717, 1.165) is 42.4 Å². The first-order chi connectivity index (χ1) is 36.3. The van der Waals surface area contributed by atoms with E-state index in [-0.39, 0.29) is 32.4 Å². The highest BCUT2D eigenvalue weighted by molar-refractivity contribution is 7.28. The van der Waals surface area contributed by atoms with Crippen LogP contribution in [0, 0.1) is 58.2 Å². The Morgan fingerprint density at radius 2 is 0.763 bits per heavy atom. The third kappa shape index (κ3) is 9.80. The number of nitrogens with zero attached hydrogens (tertiary/aromatic N) is 2. The molecule has 0 saturated heterocycles. The van der Waals surface area contributed by atoms with Crippen LogP contribution >= 0.6 is 68.0 Å². The van der Waals surface area contributed by atoms with Crippen LogP contribution < -0.4 is 0 Å². The highest BCUT2D eigenvalue weighted by Gasteiger charge is 2.41. The number of aryl methyl sites for hydroxylation is 2. The number of thiophene rings is 4. The molecule has 0 amide bonds. The van der Waals surface area contributed by atoms with Gasteiger partial charge in [0.15, 0.2) is 46.5 Å². The first-order valence-electron chi connectivity index (χ1n) is 23.0. The quantitative estimate of drug-likeness (QED) is 0.0234. The number of carbonyl (C=O) groups excluding carboxylic acids is 6. The normalized spacial score (nSPS) is 12.7. The second-order valence-electron chi connectivity index (χ2n) is 17.2. The summed E-state index contributed by atoms with van der Waals surface area (Å²) in [6, 6.07) is 5.66. The largest absolute Gasteiger partial charge is 0.287 e. The van der Waals surface area contributed by atoms with Gasteiger partial charge in [0.1, 0.15) is 32.5 Å². The zero-order chi connectivity index (χ0) is 54.6. The predicted molar refractivity (Wildman–Crippen MR) is 270 cm³/mol. The molecule has 0 aliphatic heterocycles. The Bertz CT molecular complexity index is 3450. The zero-order valence-electron chi connectivity index (χ0n) is 39.1. The van der Waals surface area contributed by atoms with E-state index in [0.29, 0.717) is 23.5 Å². The Morgan fingerprint density at radius 1 is 0.421 bits per heavy atom. The lowest BCUT2D eigenvalue weighted by atomic mass is 9.94. The van der Waals surface area contributed by atoms with E-state index >= 15 is 0 Å². The standard InChI is InChI=1S/C28H30N2O2S4.C24H2F10O4S2/c1-3-5-7-9-11-17-13-19(33-15-17)27-29-21-23(31)24(32)22-26(25(21)35-27)36-28(30-22)20-14-18(16-34-20)12-10-8-6-4-2;25-9-7(10(26)14(30)17(33)13(9)29)21(37)5-1-3-19(35)20(36)4-2-6(40-24(4)23(3)39-5)22(38)8-11(27)15(31)18(34)16(32)12(8)28/h13-16H,3-12H2,1-2H3;1-2H. The molecule has 2 aliphatic carbocycles. The van der Waals surface area contributed by atoms with Crippen LogP contribution in [0.15, 0.2) is 35.0 Å². The number of ketones is 6. The zero-order valence-corrected chi connectivity index (χ0v) is 44.0. The molecule has 0 spiro atoms. The average Bonchev–Trinajstić information content (AvgIpc) is 4.30. The van der Waals surface area contributed by atoms with Crippen molar-refractivity contribution in [2.24, 2.45) is 0 Å². The van der Waals surface area contributed by atoms with Crippen LogP contribution in [0.5, 0.6) is 0 Å². The van der Waals surface area contributed by atoms with Gasteiger partial charge in [0.25, 0.3) is 11.6 Å². The molecule has 0 unspecified atom stereocenters. The molecular weight excluding hydrogens is 1130 g/mol. The van der Waals surface area contributed by atoms with Crippen molar-refractivity contribution in [2.75, 3.05) is 0 Å². The lowest BCUT2D eigenvalue weighted by Gasteiger charge is -2.08. The molecule has 0 atom stereocenters. The number of benzene rings is 2. The fourth-order valence-corrected chi connectivity index (χ4v) is 14.8. The third-order valence-corrected chi connectivity index (χ3v) is 19.2. The summed E-state index contributed by atoms with van der Waals surface area (Å²) in [6.07, 6.45) is 12.1. The highest BCUT2D eigenvalue weighted by atomic mass is 32.1. The maximum absolute atomic E-state index is 14.2. The minimum Gasteiger partial charge on any atom is -0.287 e. The monoisotopic (exact) mass is 1160 g/mol. The van der Waals surface area contributed by atoms with Crippen molar-refractivity contribution >= 4 is 103 Å². The van der Waals surface area contributed by atoms with Crippen molar-refractivity contribution in [2.45, 2.75) is 78.1 Å². The topological polar surface area (TPSA) is 128 Å². The van der Waals surface area contributed by atoms with E-state index in [1.165, 1.54) is 85.2 Å². The smallest absolute Gasteiger partial charge is 0.255 e. The summed E-state index contributed by atoms with van der Waals surface area (Å²) in [5.41, 5.74) is -1.63. The molecule has 10 rings (SSSR count). The number of carbonyl (C=O) groups is 6. The number of hydrogen-bond acceptors (Lipinski definition) is 14. The fraction of sp³-hybridized carbons (Fsp3) is 0.231. The van der Waals surface area contributed by atoms with E-state index in [9.17, 15) is 72.7 Å². The summed E-state index contributed by atoms with van der Waals surface area (Å²) in [5.74, 6) is -31.9. The van der Waals surface area contributed by atoms with Crippen molar-refractivity contribution < 1.29 is 72.7 Å². The molecule has 0 bridgehead atoms. The Morgan fingerprint density at radius 3 is 1.11 bits per heavy atom. The van der Waals surface area contributed by atoms with Crippen LogP contribution in [0.3, 0.4) is 0 Å².